The molecule has 20 heavy (non-hydrogen) atoms. The van der Waals surface area contributed by atoms with Crippen molar-refractivity contribution >= 4 is 21.6 Å². The molecule has 2 nitrogen and oxygen atoms in total. The molecule has 5 heteroatoms. The van der Waals surface area contributed by atoms with E-state index in [1.165, 1.54) is 6.07 Å². The summed E-state index contributed by atoms with van der Waals surface area (Å²) in [5, 5.41) is 3.09. The Labute approximate surface area is 124 Å². The van der Waals surface area contributed by atoms with Crippen LogP contribution in [-0.2, 0) is 6.54 Å². The first-order chi connectivity index (χ1) is 9.52. The van der Waals surface area contributed by atoms with Gasteiger partial charge in [-0.25, -0.2) is 8.78 Å². The summed E-state index contributed by atoms with van der Waals surface area (Å²) < 4.78 is 32.9. The topological polar surface area (TPSA) is 21.3 Å². The number of halogens is 3. The lowest BCUT2D eigenvalue weighted by Gasteiger charge is -2.15. The standard InChI is InChI=1S/C15H14BrF2NO/c1-9-6-11(16)7-13(20-2)15(9)19-8-10-4-3-5-12(17)14(10)18/h3-7,19H,8H2,1-2H3. The minimum Gasteiger partial charge on any atom is -0.495 e. The average molecular weight is 342 g/mol. The van der Waals surface area contributed by atoms with Crippen LogP contribution in [0.2, 0.25) is 0 Å². The molecule has 106 valence electrons. The lowest BCUT2D eigenvalue weighted by Crippen LogP contribution is -2.06. The van der Waals surface area contributed by atoms with E-state index in [2.05, 4.69) is 21.2 Å². The molecule has 2 rings (SSSR count). The van der Waals surface area contributed by atoms with E-state index in [-0.39, 0.29) is 12.1 Å². The SMILES string of the molecule is COc1cc(Br)cc(C)c1NCc1cccc(F)c1F. The van der Waals surface area contributed by atoms with Gasteiger partial charge in [0.25, 0.3) is 0 Å². The van der Waals surface area contributed by atoms with Crippen LogP contribution in [0.5, 0.6) is 5.75 Å². The van der Waals surface area contributed by atoms with Crippen molar-refractivity contribution < 1.29 is 13.5 Å². The molecule has 1 N–H and O–H groups in total. The van der Waals surface area contributed by atoms with Crippen molar-refractivity contribution in [1.82, 2.24) is 0 Å². The van der Waals surface area contributed by atoms with Crippen molar-refractivity contribution in [3.05, 3.63) is 57.6 Å². The number of hydrogen-bond acceptors (Lipinski definition) is 2. The molecule has 0 unspecified atom stereocenters. The maximum atomic E-state index is 13.6. The molecule has 0 bridgehead atoms. The molecule has 2 aromatic rings. The molecule has 0 fully saturated rings. The Kier molecular flexibility index (Phi) is 4.60. The number of anilines is 1. The van der Waals surface area contributed by atoms with Gasteiger partial charge in [-0.1, -0.05) is 28.1 Å². The van der Waals surface area contributed by atoms with E-state index in [0.29, 0.717) is 5.75 Å². The number of benzene rings is 2. The minimum absolute atomic E-state index is 0.183. The van der Waals surface area contributed by atoms with Crippen LogP contribution in [0, 0.1) is 18.6 Å². The van der Waals surface area contributed by atoms with Crippen molar-refractivity contribution in [2.24, 2.45) is 0 Å². The summed E-state index contributed by atoms with van der Waals surface area (Å²) in [6.07, 6.45) is 0. The van der Waals surface area contributed by atoms with E-state index in [9.17, 15) is 8.78 Å². The zero-order chi connectivity index (χ0) is 14.7. The van der Waals surface area contributed by atoms with Gasteiger partial charge in [-0.05, 0) is 30.7 Å². The van der Waals surface area contributed by atoms with Crippen LogP contribution in [-0.4, -0.2) is 7.11 Å². The molecule has 0 saturated heterocycles. The van der Waals surface area contributed by atoms with Crippen molar-refractivity contribution in [1.29, 1.82) is 0 Å². The van der Waals surface area contributed by atoms with Crippen molar-refractivity contribution in [3.63, 3.8) is 0 Å². The third kappa shape index (κ3) is 3.10. The smallest absolute Gasteiger partial charge is 0.163 e. The van der Waals surface area contributed by atoms with Gasteiger partial charge in [-0.15, -0.1) is 0 Å². The van der Waals surface area contributed by atoms with Crippen LogP contribution in [0.1, 0.15) is 11.1 Å². The summed E-state index contributed by atoms with van der Waals surface area (Å²) in [7, 11) is 1.56. The van der Waals surface area contributed by atoms with Crippen molar-refractivity contribution in [2.45, 2.75) is 13.5 Å². The molecule has 0 saturated carbocycles. The Bertz CT molecular complexity index is 632. The van der Waals surface area contributed by atoms with Crippen LogP contribution in [0.15, 0.2) is 34.8 Å². The summed E-state index contributed by atoms with van der Waals surface area (Å²) in [4.78, 5) is 0. The Balaban J connectivity index is 2.25. The summed E-state index contributed by atoms with van der Waals surface area (Å²) in [5.74, 6) is -1.02. The van der Waals surface area contributed by atoms with Gasteiger partial charge in [0.1, 0.15) is 5.75 Å². The van der Waals surface area contributed by atoms with Crippen LogP contribution in [0.3, 0.4) is 0 Å². The van der Waals surface area contributed by atoms with E-state index in [1.54, 1.807) is 13.2 Å². The van der Waals surface area contributed by atoms with E-state index in [4.69, 9.17) is 4.74 Å². The average Bonchev–Trinajstić information content (AvgIpc) is 2.41. The highest BCUT2D eigenvalue weighted by atomic mass is 79.9. The van der Waals surface area contributed by atoms with Gasteiger partial charge in [0.05, 0.1) is 12.8 Å². The van der Waals surface area contributed by atoms with Gasteiger partial charge in [0.15, 0.2) is 11.6 Å². The summed E-state index contributed by atoms with van der Waals surface area (Å²) in [6.45, 7) is 2.10. The monoisotopic (exact) mass is 341 g/mol. The Morgan fingerprint density at radius 3 is 2.70 bits per heavy atom. The number of ether oxygens (including phenoxy) is 1. The maximum Gasteiger partial charge on any atom is 0.163 e. The fraction of sp³-hybridized carbons (Fsp3) is 0.200. The predicted octanol–water partition coefficient (Wildman–Crippen LogP) is 4.66. The van der Waals surface area contributed by atoms with Crippen LogP contribution in [0.4, 0.5) is 14.5 Å². The molecular formula is C15H14BrF2NO. The number of aryl methyl sites for hydroxylation is 1. The molecular weight excluding hydrogens is 328 g/mol. The minimum atomic E-state index is -0.844. The van der Waals surface area contributed by atoms with Gasteiger partial charge in [-0.2, -0.15) is 0 Å². The normalized spacial score (nSPS) is 10.4. The first-order valence-electron chi connectivity index (χ1n) is 6.04. The highest BCUT2D eigenvalue weighted by molar-refractivity contribution is 9.10. The van der Waals surface area contributed by atoms with E-state index in [0.717, 1.165) is 21.8 Å². The number of nitrogens with one attached hydrogen (secondary N) is 1. The first-order valence-corrected chi connectivity index (χ1v) is 6.83. The van der Waals surface area contributed by atoms with E-state index in [1.807, 2.05) is 19.1 Å². The highest BCUT2D eigenvalue weighted by Gasteiger charge is 2.11. The predicted molar refractivity (Wildman–Crippen MR) is 79.1 cm³/mol. The second-order valence-electron chi connectivity index (χ2n) is 4.37. The van der Waals surface area contributed by atoms with Crippen LogP contribution >= 0.6 is 15.9 Å². The Morgan fingerprint density at radius 2 is 2.00 bits per heavy atom. The molecule has 0 aliphatic heterocycles. The molecule has 0 atom stereocenters. The van der Waals surface area contributed by atoms with E-state index >= 15 is 0 Å². The molecule has 0 radical (unpaired) electrons. The number of hydrogen-bond donors (Lipinski definition) is 1. The first kappa shape index (κ1) is 14.8. The lowest BCUT2D eigenvalue weighted by molar-refractivity contribution is 0.416. The molecule has 0 aromatic heterocycles. The van der Waals surface area contributed by atoms with Crippen LogP contribution in [0.25, 0.3) is 0 Å². The second-order valence-corrected chi connectivity index (χ2v) is 5.28. The quantitative estimate of drug-likeness (QED) is 0.873. The fourth-order valence-corrected chi connectivity index (χ4v) is 2.52. The Hall–Kier alpha value is -1.62. The zero-order valence-electron chi connectivity index (χ0n) is 11.1. The fourth-order valence-electron chi connectivity index (χ4n) is 1.97. The van der Waals surface area contributed by atoms with Crippen molar-refractivity contribution in [3.8, 4) is 5.75 Å². The zero-order valence-corrected chi connectivity index (χ0v) is 12.7. The van der Waals surface area contributed by atoms with E-state index < -0.39 is 11.6 Å². The third-order valence-corrected chi connectivity index (χ3v) is 3.43. The molecule has 0 aliphatic rings. The molecule has 2 aromatic carbocycles. The van der Waals surface area contributed by atoms with Gasteiger partial charge in [-0.3, -0.25) is 0 Å². The lowest BCUT2D eigenvalue weighted by atomic mass is 10.1. The van der Waals surface area contributed by atoms with Gasteiger partial charge in [0.2, 0.25) is 0 Å². The van der Waals surface area contributed by atoms with Gasteiger partial charge >= 0.3 is 0 Å². The summed E-state index contributed by atoms with van der Waals surface area (Å²) in [6, 6.07) is 7.88. The number of rotatable bonds is 4. The number of methoxy groups -OCH3 is 1. The summed E-state index contributed by atoms with van der Waals surface area (Å²) >= 11 is 3.39. The third-order valence-electron chi connectivity index (χ3n) is 2.97. The molecule has 0 spiro atoms. The van der Waals surface area contributed by atoms with Crippen molar-refractivity contribution in [2.75, 3.05) is 12.4 Å². The largest absolute Gasteiger partial charge is 0.495 e. The second kappa shape index (κ2) is 6.22. The molecule has 0 heterocycles. The highest BCUT2D eigenvalue weighted by Crippen LogP contribution is 2.32. The van der Waals surface area contributed by atoms with Gasteiger partial charge in [0, 0.05) is 16.6 Å². The molecule has 0 aliphatic carbocycles. The molecule has 0 amide bonds. The summed E-state index contributed by atoms with van der Waals surface area (Å²) in [5.41, 5.74) is 1.99. The van der Waals surface area contributed by atoms with Gasteiger partial charge < -0.3 is 10.1 Å². The Morgan fingerprint density at radius 1 is 1.25 bits per heavy atom. The maximum absolute atomic E-state index is 13.6. The van der Waals surface area contributed by atoms with Crippen LogP contribution < -0.4 is 10.1 Å².